The molecule has 0 bridgehead atoms. The van der Waals surface area contributed by atoms with Gasteiger partial charge < -0.3 is 9.80 Å². The molecule has 8 heteroatoms. The molecule has 2 aliphatic rings. The normalized spacial score (nSPS) is 19.8. The van der Waals surface area contributed by atoms with E-state index >= 15 is 0 Å². The van der Waals surface area contributed by atoms with E-state index in [1.54, 1.807) is 15.3 Å². The Morgan fingerprint density at radius 1 is 1.10 bits per heavy atom. The number of fused-ring (bicyclic) bond motifs is 1. The van der Waals surface area contributed by atoms with Crippen LogP contribution in [0.2, 0.25) is 0 Å². The van der Waals surface area contributed by atoms with Crippen LogP contribution in [0, 0.1) is 6.92 Å². The third kappa shape index (κ3) is 3.76. The predicted molar refractivity (Wildman–Crippen MR) is 123 cm³/mol. The van der Waals surface area contributed by atoms with E-state index in [1.165, 1.54) is 12.5 Å². The van der Waals surface area contributed by atoms with Crippen molar-refractivity contribution in [3.05, 3.63) is 52.0 Å². The molecule has 0 aromatic heterocycles. The van der Waals surface area contributed by atoms with Crippen LogP contribution in [-0.4, -0.2) is 50.9 Å². The van der Waals surface area contributed by atoms with Crippen molar-refractivity contribution in [1.82, 2.24) is 4.31 Å². The van der Waals surface area contributed by atoms with Gasteiger partial charge in [0.05, 0.1) is 5.69 Å². The maximum atomic E-state index is 13.6. The second kappa shape index (κ2) is 7.98. The number of hydrogen-bond acceptors (Lipinski definition) is 4. The Morgan fingerprint density at radius 3 is 2.43 bits per heavy atom. The SMILES string of the molecule is CC(=O)N1CCc2cc(Br)cc(S(=O)(=O)N3CCN(c4ccc(C)cc4)C(C)C3)c21. The monoisotopic (exact) mass is 491 g/mol. The molecule has 6 nitrogen and oxygen atoms in total. The third-order valence-electron chi connectivity index (χ3n) is 5.95. The standard InChI is InChI=1S/C22H26BrN3O3S/c1-15-4-6-20(7-5-15)25-11-10-24(14-16(25)2)30(28,29)21-13-19(23)12-18-8-9-26(17(3)27)22(18)21/h4-7,12-13,16H,8-11,14H2,1-3H3. The number of hydrogen-bond donors (Lipinski definition) is 0. The Balaban J connectivity index is 1.64. The first-order valence-electron chi connectivity index (χ1n) is 10.1. The van der Waals surface area contributed by atoms with Crippen molar-refractivity contribution < 1.29 is 13.2 Å². The molecule has 1 amide bonds. The van der Waals surface area contributed by atoms with Crippen LogP contribution in [0.3, 0.4) is 0 Å². The van der Waals surface area contributed by atoms with Crippen LogP contribution < -0.4 is 9.80 Å². The molecule has 1 saturated heterocycles. The number of aryl methyl sites for hydroxylation is 1. The lowest BCUT2D eigenvalue weighted by atomic mass is 10.1. The van der Waals surface area contributed by atoms with Gasteiger partial charge in [-0.3, -0.25) is 4.79 Å². The Hall–Kier alpha value is -1.90. The number of nitrogens with zero attached hydrogens (tertiary/aromatic N) is 3. The highest BCUT2D eigenvalue weighted by molar-refractivity contribution is 9.10. The van der Waals surface area contributed by atoms with Gasteiger partial charge in [0.2, 0.25) is 15.9 Å². The topological polar surface area (TPSA) is 60.9 Å². The van der Waals surface area contributed by atoms with Crippen molar-refractivity contribution >= 4 is 43.2 Å². The molecule has 2 aromatic carbocycles. The van der Waals surface area contributed by atoms with E-state index in [0.717, 1.165) is 15.7 Å². The van der Waals surface area contributed by atoms with Crippen LogP contribution in [0.1, 0.15) is 25.0 Å². The van der Waals surface area contributed by atoms with Gasteiger partial charge in [-0.1, -0.05) is 33.6 Å². The lowest BCUT2D eigenvalue weighted by molar-refractivity contribution is -0.116. The molecule has 2 aromatic rings. The fourth-order valence-electron chi connectivity index (χ4n) is 4.38. The number of piperazine rings is 1. The molecule has 0 aliphatic carbocycles. The van der Waals surface area contributed by atoms with Gasteiger partial charge in [-0.15, -0.1) is 0 Å². The molecule has 160 valence electrons. The minimum Gasteiger partial charge on any atom is -0.366 e. The van der Waals surface area contributed by atoms with Crippen LogP contribution in [0.15, 0.2) is 45.8 Å². The lowest BCUT2D eigenvalue weighted by Crippen LogP contribution is -2.53. The van der Waals surface area contributed by atoms with Gasteiger partial charge in [0.15, 0.2) is 0 Å². The van der Waals surface area contributed by atoms with Crippen molar-refractivity contribution in [3.8, 4) is 0 Å². The molecule has 0 N–H and O–H groups in total. The van der Waals surface area contributed by atoms with Crippen molar-refractivity contribution in [2.45, 2.75) is 38.1 Å². The summed E-state index contributed by atoms with van der Waals surface area (Å²) in [7, 11) is -3.74. The molecule has 1 fully saturated rings. The minimum absolute atomic E-state index is 0.0420. The van der Waals surface area contributed by atoms with Crippen LogP contribution in [0.4, 0.5) is 11.4 Å². The molecule has 0 saturated carbocycles. The smallest absolute Gasteiger partial charge is 0.245 e. The number of amides is 1. The van der Waals surface area contributed by atoms with Crippen molar-refractivity contribution in [3.63, 3.8) is 0 Å². The first-order chi connectivity index (χ1) is 14.2. The van der Waals surface area contributed by atoms with E-state index in [1.807, 2.05) is 6.07 Å². The zero-order valence-electron chi connectivity index (χ0n) is 17.4. The molecule has 0 radical (unpaired) electrons. The van der Waals surface area contributed by atoms with Crippen molar-refractivity contribution in [2.75, 3.05) is 36.0 Å². The number of benzene rings is 2. The highest BCUT2D eigenvalue weighted by Gasteiger charge is 2.37. The Morgan fingerprint density at radius 2 is 1.80 bits per heavy atom. The quantitative estimate of drug-likeness (QED) is 0.658. The van der Waals surface area contributed by atoms with Crippen LogP contribution in [0.5, 0.6) is 0 Å². The molecule has 2 heterocycles. The van der Waals surface area contributed by atoms with Crippen molar-refractivity contribution in [1.29, 1.82) is 0 Å². The summed E-state index contributed by atoms with van der Waals surface area (Å²) in [5.41, 5.74) is 3.74. The zero-order valence-corrected chi connectivity index (χ0v) is 19.8. The Bertz CT molecular complexity index is 1090. The lowest BCUT2D eigenvalue weighted by Gasteiger charge is -2.41. The molecule has 30 heavy (non-hydrogen) atoms. The van der Waals surface area contributed by atoms with Crippen LogP contribution in [-0.2, 0) is 21.2 Å². The summed E-state index contributed by atoms with van der Waals surface area (Å²) in [6.45, 7) is 7.53. The molecule has 0 spiro atoms. The van der Waals surface area contributed by atoms with Crippen LogP contribution in [0.25, 0.3) is 0 Å². The summed E-state index contributed by atoms with van der Waals surface area (Å²) in [6, 6.07) is 11.9. The highest BCUT2D eigenvalue weighted by Crippen LogP contribution is 2.39. The summed E-state index contributed by atoms with van der Waals surface area (Å²) in [5, 5.41) is 0. The maximum absolute atomic E-state index is 13.6. The van der Waals surface area contributed by atoms with Crippen molar-refractivity contribution in [2.24, 2.45) is 0 Å². The third-order valence-corrected chi connectivity index (χ3v) is 8.28. The number of anilines is 2. The van der Waals surface area contributed by atoms with Gasteiger partial charge in [0.1, 0.15) is 4.90 Å². The molecule has 2 aliphatic heterocycles. The first-order valence-corrected chi connectivity index (χ1v) is 12.4. The average Bonchev–Trinajstić information content (AvgIpc) is 3.12. The molecular weight excluding hydrogens is 466 g/mol. The predicted octanol–water partition coefficient (Wildman–Crippen LogP) is 3.57. The highest BCUT2D eigenvalue weighted by atomic mass is 79.9. The molecule has 1 atom stereocenters. The van der Waals surface area contributed by atoms with Gasteiger partial charge in [-0.05, 0) is 50.1 Å². The second-order valence-corrected chi connectivity index (χ2v) is 10.9. The Kier molecular flexibility index (Phi) is 5.67. The molecular formula is C22H26BrN3O3S. The van der Waals surface area contributed by atoms with Gasteiger partial charge >= 0.3 is 0 Å². The van der Waals surface area contributed by atoms with Crippen LogP contribution >= 0.6 is 15.9 Å². The van der Waals surface area contributed by atoms with E-state index in [2.05, 4.69) is 58.9 Å². The summed E-state index contributed by atoms with van der Waals surface area (Å²) in [5.74, 6) is -0.134. The number of carbonyl (C=O) groups is 1. The fourth-order valence-corrected chi connectivity index (χ4v) is 6.81. The van der Waals surface area contributed by atoms with E-state index in [9.17, 15) is 13.2 Å². The van der Waals surface area contributed by atoms with E-state index < -0.39 is 10.0 Å². The number of sulfonamides is 1. The second-order valence-electron chi connectivity index (χ2n) is 8.07. The van der Waals surface area contributed by atoms with Gasteiger partial charge in [-0.2, -0.15) is 4.31 Å². The van der Waals surface area contributed by atoms with E-state index in [-0.39, 0.29) is 16.8 Å². The minimum atomic E-state index is -3.74. The first kappa shape index (κ1) is 21.3. The summed E-state index contributed by atoms with van der Waals surface area (Å²) < 4.78 is 29.6. The zero-order chi connectivity index (χ0) is 21.6. The number of rotatable bonds is 3. The average molecular weight is 492 g/mol. The van der Waals surface area contributed by atoms with Gasteiger partial charge in [-0.25, -0.2) is 8.42 Å². The van der Waals surface area contributed by atoms with Gasteiger partial charge in [0, 0.05) is 49.3 Å². The van der Waals surface area contributed by atoms with E-state index in [4.69, 9.17) is 0 Å². The van der Waals surface area contributed by atoms with E-state index in [0.29, 0.717) is 38.3 Å². The summed E-state index contributed by atoms with van der Waals surface area (Å²) in [4.78, 5) is 16.2. The largest absolute Gasteiger partial charge is 0.366 e. The molecule has 4 rings (SSSR count). The summed E-state index contributed by atoms with van der Waals surface area (Å²) >= 11 is 3.45. The fraction of sp³-hybridized carbons (Fsp3) is 0.409. The number of carbonyl (C=O) groups excluding carboxylic acids is 1. The summed E-state index contributed by atoms with van der Waals surface area (Å²) in [6.07, 6.45) is 0.661. The number of halogens is 1. The van der Waals surface area contributed by atoms with Gasteiger partial charge in [0.25, 0.3) is 0 Å². The molecule has 1 unspecified atom stereocenters. The maximum Gasteiger partial charge on any atom is 0.245 e. The Labute approximate surface area is 186 Å².